The molecule has 0 aromatic carbocycles. The van der Waals surface area contributed by atoms with Crippen molar-refractivity contribution in [2.75, 3.05) is 39.5 Å². The fraction of sp³-hybridized carbons (Fsp3) is 0.944. The molecule has 0 fully saturated rings. The molecule has 0 spiro atoms. The van der Waals surface area contributed by atoms with E-state index in [1.54, 1.807) is 0 Å². The predicted octanol–water partition coefficient (Wildman–Crippen LogP) is 3.33. The molecule has 6 nitrogen and oxygen atoms in total. The van der Waals surface area contributed by atoms with Crippen LogP contribution in [0.1, 0.15) is 71.1 Å². The summed E-state index contributed by atoms with van der Waals surface area (Å²) < 4.78 is 4.34. The van der Waals surface area contributed by atoms with Crippen molar-refractivity contribution in [1.29, 1.82) is 0 Å². The molecule has 0 atom stereocenters. The van der Waals surface area contributed by atoms with Gasteiger partial charge in [0.05, 0.1) is 0 Å². The molecule has 0 aromatic heterocycles. The summed E-state index contributed by atoms with van der Waals surface area (Å²) in [5, 5.41) is 17.9. The number of hydrogen-bond acceptors (Lipinski definition) is 5. The quantitative estimate of drug-likeness (QED) is 0.163. The van der Waals surface area contributed by atoms with Gasteiger partial charge >= 0.3 is 6.16 Å². The van der Waals surface area contributed by atoms with Gasteiger partial charge in [0.1, 0.15) is 6.73 Å². The summed E-state index contributed by atoms with van der Waals surface area (Å²) in [5.41, 5.74) is 0. The molecule has 0 radical (unpaired) electrons. The van der Waals surface area contributed by atoms with E-state index in [0.29, 0.717) is 6.54 Å². The van der Waals surface area contributed by atoms with Crippen molar-refractivity contribution >= 4 is 6.16 Å². The summed E-state index contributed by atoms with van der Waals surface area (Å²) in [6, 6.07) is 0. The highest BCUT2D eigenvalue weighted by Crippen LogP contribution is 2.10. The Morgan fingerprint density at radius 3 is 1.71 bits per heavy atom. The van der Waals surface area contributed by atoms with Gasteiger partial charge in [-0.2, -0.15) is 0 Å². The molecule has 0 heterocycles. The monoisotopic (exact) mass is 345 g/mol. The number of ether oxygens (including phenoxy) is 1. The Hall–Kier alpha value is -0.850. The van der Waals surface area contributed by atoms with Crippen LogP contribution >= 0.6 is 0 Å². The molecule has 0 saturated heterocycles. The van der Waals surface area contributed by atoms with Gasteiger partial charge in [-0.1, -0.05) is 64.7 Å². The highest BCUT2D eigenvalue weighted by Gasteiger charge is 1.95. The minimum Gasteiger partial charge on any atom is -0.450 e. The van der Waals surface area contributed by atoms with E-state index in [0.717, 1.165) is 26.2 Å². The first kappa shape index (κ1) is 23.1. The molecule has 24 heavy (non-hydrogen) atoms. The summed E-state index contributed by atoms with van der Waals surface area (Å²) in [4.78, 5) is 10.1. The third-order valence-corrected chi connectivity index (χ3v) is 3.96. The van der Waals surface area contributed by atoms with Gasteiger partial charge in [-0.05, 0) is 13.0 Å². The number of carbonyl (C=O) groups is 1. The van der Waals surface area contributed by atoms with E-state index in [4.69, 9.17) is 5.11 Å². The van der Waals surface area contributed by atoms with Crippen molar-refractivity contribution in [1.82, 2.24) is 16.0 Å². The molecule has 4 N–H and O–H groups in total. The zero-order chi connectivity index (χ0) is 17.7. The number of carboxylic acid groups (broad SMARTS) is 1. The molecule has 0 aliphatic rings. The Labute approximate surface area is 148 Å². The van der Waals surface area contributed by atoms with Crippen molar-refractivity contribution in [3.63, 3.8) is 0 Å². The van der Waals surface area contributed by atoms with Gasteiger partial charge in [0.25, 0.3) is 0 Å². The van der Waals surface area contributed by atoms with Crippen LogP contribution in [0.4, 0.5) is 4.79 Å². The lowest BCUT2D eigenvalue weighted by Gasteiger charge is -2.07. The average Bonchev–Trinajstić information content (AvgIpc) is 2.56. The fourth-order valence-electron chi connectivity index (χ4n) is 2.53. The third-order valence-electron chi connectivity index (χ3n) is 3.96. The second kappa shape index (κ2) is 20.2. The lowest BCUT2D eigenvalue weighted by molar-refractivity contribution is 0.0846. The molecular weight excluding hydrogens is 306 g/mol. The molecule has 0 rings (SSSR count). The summed E-state index contributed by atoms with van der Waals surface area (Å²) >= 11 is 0. The largest absolute Gasteiger partial charge is 0.507 e. The Balaban J connectivity index is 2.97. The number of hydrogen-bond donors (Lipinski definition) is 4. The second-order valence-corrected chi connectivity index (χ2v) is 6.24. The zero-order valence-corrected chi connectivity index (χ0v) is 15.6. The van der Waals surface area contributed by atoms with E-state index in [-0.39, 0.29) is 6.73 Å². The first-order chi connectivity index (χ1) is 11.8. The van der Waals surface area contributed by atoms with Crippen LogP contribution in [0.5, 0.6) is 0 Å². The Morgan fingerprint density at radius 1 is 0.708 bits per heavy atom. The lowest BCUT2D eigenvalue weighted by atomic mass is 10.1. The summed E-state index contributed by atoms with van der Waals surface area (Å²) in [7, 11) is 0. The van der Waals surface area contributed by atoms with E-state index < -0.39 is 6.16 Å². The van der Waals surface area contributed by atoms with Crippen LogP contribution in [0.3, 0.4) is 0 Å². The van der Waals surface area contributed by atoms with E-state index in [1.165, 1.54) is 64.2 Å². The van der Waals surface area contributed by atoms with Crippen LogP contribution in [0.2, 0.25) is 0 Å². The Morgan fingerprint density at radius 2 is 1.17 bits per heavy atom. The van der Waals surface area contributed by atoms with Crippen LogP contribution in [-0.4, -0.2) is 50.7 Å². The molecule has 0 aliphatic heterocycles. The van der Waals surface area contributed by atoms with Crippen molar-refractivity contribution < 1.29 is 14.6 Å². The third kappa shape index (κ3) is 21.1. The maximum atomic E-state index is 10.1. The van der Waals surface area contributed by atoms with Crippen LogP contribution in [-0.2, 0) is 4.74 Å². The highest BCUT2D eigenvalue weighted by atomic mass is 16.7. The van der Waals surface area contributed by atoms with Gasteiger partial charge in [0, 0.05) is 26.2 Å². The summed E-state index contributed by atoms with van der Waals surface area (Å²) in [5.74, 6) is 0. The summed E-state index contributed by atoms with van der Waals surface area (Å²) in [6.45, 7) is 6.83. The number of nitrogens with one attached hydrogen (secondary N) is 3. The van der Waals surface area contributed by atoms with Crippen molar-refractivity contribution in [2.24, 2.45) is 0 Å². The number of rotatable bonds is 19. The molecule has 0 aromatic rings. The van der Waals surface area contributed by atoms with Crippen molar-refractivity contribution in [3.05, 3.63) is 0 Å². The Kier molecular flexibility index (Phi) is 19.5. The van der Waals surface area contributed by atoms with Gasteiger partial charge in [0.15, 0.2) is 0 Å². The lowest BCUT2D eigenvalue weighted by Crippen LogP contribution is -2.33. The molecule has 0 amide bonds. The average molecular weight is 346 g/mol. The standard InChI is InChI=1S/C18H39N3O3/c1-2-3-4-5-6-7-8-9-10-11-12-19-13-14-20-15-16-21-17-24-18(22)23/h19-21H,2-17H2,1H3,(H,22,23). The molecule has 0 saturated carbocycles. The second-order valence-electron chi connectivity index (χ2n) is 6.24. The maximum Gasteiger partial charge on any atom is 0.507 e. The molecule has 0 bridgehead atoms. The highest BCUT2D eigenvalue weighted by molar-refractivity contribution is 5.56. The van der Waals surface area contributed by atoms with Crippen LogP contribution in [0.15, 0.2) is 0 Å². The smallest absolute Gasteiger partial charge is 0.450 e. The van der Waals surface area contributed by atoms with E-state index in [9.17, 15) is 4.79 Å². The molecule has 0 aliphatic carbocycles. The Bertz CT molecular complexity index is 266. The first-order valence-electron chi connectivity index (χ1n) is 9.75. The maximum absolute atomic E-state index is 10.1. The SMILES string of the molecule is CCCCCCCCCCCCNCCNCCNCOC(=O)O. The van der Waals surface area contributed by atoms with Gasteiger partial charge < -0.3 is 20.5 Å². The van der Waals surface area contributed by atoms with E-state index in [1.807, 2.05) is 0 Å². The molecule has 0 unspecified atom stereocenters. The molecular formula is C18H39N3O3. The molecule has 6 heteroatoms. The first-order valence-corrected chi connectivity index (χ1v) is 9.75. The number of unbranched alkanes of at least 4 members (excludes halogenated alkanes) is 9. The summed E-state index contributed by atoms with van der Waals surface area (Å²) in [6.07, 6.45) is 12.5. The van der Waals surface area contributed by atoms with E-state index >= 15 is 0 Å². The zero-order valence-electron chi connectivity index (χ0n) is 15.6. The minimum atomic E-state index is -1.24. The topological polar surface area (TPSA) is 82.6 Å². The van der Waals surface area contributed by atoms with E-state index in [2.05, 4.69) is 27.6 Å². The molecule has 144 valence electrons. The van der Waals surface area contributed by atoms with Gasteiger partial charge in [0.2, 0.25) is 0 Å². The van der Waals surface area contributed by atoms with Crippen molar-refractivity contribution in [2.45, 2.75) is 71.1 Å². The van der Waals surface area contributed by atoms with Crippen molar-refractivity contribution in [3.8, 4) is 0 Å². The van der Waals surface area contributed by atoms with Gasteiger partial charge in [-0.15, -0.1) is 0 Å². The van der Waals surface area contributed by atoms with Crippen LogP contribution in [0, 0.1) is 0 Å². The van der Waals surface area contributed by atoms with Crippen LogP contribution < -0.4 is 16.0 Å². The van der Waals surface area contributed by atoms with Gasteiger partial charge in [-0.3, -0.25) is 5.32 Å². The minimum absolute atomic E-state index is 0.0496. The van der Waals surface area contributed by atoms with Gasteiger partial charge in [-0.25, -0.2) is 4.79 Å². The normalized spacial score (nSPS) is 10.9. The fourth-order valence-corrected chi connectivity index (χ4v) is 2.53. The predicted molar refractivity (Wildman–Crippen MR) is 99.6 cm³/mol. The van der Waals surface area contributed by atoms with Crippen LogP contribution in [0.25, 0.3) is 0 Å².